The summed E-state index contributed by atoms with van der Waals surface area (Å²) in [6.07, 6.45) is 1.44. The summed E-state index contributed by atoms with van der Waals surface area (Å²) in [6, 6.07) is 8.02. The number of quaternary nitrogens is 1. The van der Waals surface area contributed by atoms with E-state index in [-0.39, 0.29) is 13.6 Å². The van der Waals surface area contributed by atoms with Crippen molar-refractivity contribution in [3.63, 3.8) is 0 Å². The molecular weight excluding hydrogens is 334 g/mol. The van der Waals surface area contributed by atoms with Gasteiger partial charge < -0.3 is 24.1 Å². The van der Waals surface area contributed by atoms with E-state index in [1.807, 2.05) is 18.2 Å². The van der Waals surface area contributed by atoms with E-state index in [0.29, 0.717) is 17.4 Å². The molecular formula is C20H20NO5+. The number of benzene rings is 2. The second-order valence-corrected chi connectivity index (χ2v) is 7.82. The van der Waals surface area contributed by atoms with Crippen LogP contribution in [0, 0.1) is 0 Å². The average Bonchev–Trinajstić information content (AvgIpc) is 3.28. The lowest BCUT2D eigenvalue weighted by Crippen LogP contribution is -2.65. The molecule has 2 atom stereocenters. The molecule has 4 aliphatic rings. The molecule has 6 heteroatoms. The van der Waals surface area contributed by atoms with E-state index in [1.54, 1.807) is 0 Å². The van der Waals surface area contributed by atoms with Crippen molar-refractivity contribution in [3.8, 4) is 23.0 Å². The second kappa shape index (κ2) is 4.64. The molecule has 0 aliphatic carbocycles. The van der Waals surface area contributed by atoms with Crippen molar-refractivity contribution in [1.29, 1.82) is 0 Å². The summed E-state index contributed by atoms with van der Waals surface area (Å²) in [4.78, 5) is 0. The van der Waals surface area contributed by atoms with Gasteiger partial charge in [-0.15, -0.1) is 0 Å². The Balaban J connectivity index is 1.54. The second-order valence-electron chi connectivity index (χ2n) is 7.82. The number of hydrogen-bond acceptors (Lipinski definition) is 5. The number of nitrogens with zero attached hydrogens (tertiary/aromatic N) is 1. The normalized spacial score (nSPS) is 29.8. The van der Waals surface area contributed by atoms with Gasteiger partial charge in [-0.1, -0.05) is 6.07 Å². The van der Waals surface area contributed by atoms with Gasteiger partial charge in [0.25, 0.3) is 0 Å². The van der Waals surface area contributed by atoms with Crippen LogP contribution < -0.4 is 18.9 Å². The maximum Gasteiger partial charge on any atom is 0.232 e. The summed E-state index contributed by atoms with van der Waals surface area (Å²) >= 11 is 0. The van der Waals surface area contributed by atoms with E-state index < -0.39 is 5.72 Å². The third-order valence-corrected chi connectivity index (χ3v) is 6.48. The Hall–Kier alpha value is -2.44. The fourth-order valence-electron chi connectivity index (χ4n) is 4.93. The smallest absolute Gasteiger partial charge is 0.232 e. The number of rotatable bonds is 0. The van der Waals surface area contributed by atoms with Gasteiger partial charge in [0.1, 0.15) is 6.54 Å². The fraction of sp³-hybridized carbons (Fsp3) is 0.400. The molecule has 26 heavy (non-hydrogen) atoms. The lowest BCUT2D eigenvalue weighted by Gasteiger charge is -2.53. The van der Waals surface area contributed by atoms with Crippen molar-refractivity contribution in [1.82, 2.24) is 0 Å². The summed E-state index contributed by atoms with van der Waals surface area (Å²) in [5.74, 6) is 3.16. The van der Waals surface area contributed by atoms with E-state index in [2.05, 4.69) is 13.1 Å². The minimum absolute atomic E-state index is 0.245. The fourth-order valence-corrected chi connectivity index (χ4v) is 4.93. The molecule has 0 amide bonds. The van der Waals surface area contributed by atoms with Crippen LogP contribution >= 0.6 is 0 Å². The quantitative estimate of drug-likeness (QED) is 0.734. The highest BCUT2D eigenvalue weighted by molar-refractivity contribution is 5.55. The SMILES string of the molecule is C[N+]12CCc3cc4c(cc3[C@]1(O)Cc1ccc3c(c1C2)OCO3)OCO4. The van der Waals surface area contributed by atoms with Gasteiger partial charge in [0.15, 0.2) is 23.0 Å². The van der Waals surface area contributed by atoms with Crippen molar-refractivity contribution in [3.05, 3.63) is 46.5 Å². The van der Waals surface area contributed by atoms with Gasteiger partial charge in [-0.05, 0) is 29.3 Å². The van der Waals surface area contributed by atoms with Crippen LogP contribution in [-0.2, 0) is 25.1 Å². The third kappa shape index (κ3) is 1.68. The van der Waals surface area contributed by atoms with Crippen LogP contribution in [0.15, 0.2) is 24.3 Å². The summed E-state index contributed by atoms with van der Waals surface area (Å²) < 4.78 is 22.9. The third-order valence-electron chi connectivity index (χ3n) is 6.48. The van der Waals surface area contributed by atoms with E-state index in [9.17, 15) is 5.11 Å². The molecule has 0 spiro atoms. The molecule has 1 N–H and O–H groups in total. The highest BCUT2D eigenvalue weighted by Crippen LogP contribution is 2.52. The molecule has 0 radical (unpaired) electrons. The highest BCUT2D eigenvalue weighted by atomic mass is 16.7. The summed E-state index contributed by atoms with van der Waals surface area (Å²) in [5, 5.41) is 11.9. The van der Waals surface area contributed by atoms with E-state index >= 15 is 0 Å². The Morgan fingerprint density at radius 3 is 2.62 bits per heavy atom. The van der Waals surface area contributed by atoms with Crippen molar-refractivity contribution < 1.29 is 28.5 Å². The molecule has 134 valence electrons. The Morgan fingerprint density at radius 2 is 1.73 bits per heavy atom. The first-order valence-electron chi connectivity index (χ1n) is 8.98. The topological polar surface area (TPSA) is 57.2 Å². The molecule has 0 aromatic heterocycles. The molecule has 0 fully saturated rings. The Labute approximate surface area is 151 Å². The van der Waals surface area contributed by atoms with Gasteiger partial charge in [-0.2, -0.15) is 0 Å². The van der Waals surface area contributed by atoms with Gasteiger partial charge in [-0.3, -0.25) is 4.48 Å². The van der Waals surface area contributed by atoms with Gasteiger partial charge >= 0.3 is 0 Å². The number of hydrogen-bond donors (Lipinski definition) is 1. The first kappa shape index (κ1) is 14.7. The molecule has 4 heterocycles. The molecule has 0 bridgehead atoms. The Kier molecular flexibility index (Phi) is 2.62. The molecule has 0 saturated heterocycles. The van der Waals surface area contributed by atoms with E-state index in [0.717, 1.165) is 58.2 Å². The first-order chi connectivity index (χ1) is 12.6. The minimum atomic E-state index is -0.991. The monoisotopic (exact) mass is 354 g/mol. The van der Waals surface area contributed by atoms with Gasteiger partial charge in [-0.25, -0.2) is 0 Å². The summed E-state index contributed by atoms with van der Waals surface area (Å²) in [5.41, 5.74) is 3.40. The van der Waals surface area contributed by atoms with Crippen molar-refractivity contribution in [2.45, 2.75) is 25.1 Å². The van der Waals surface area contributed by atoms with Crippen LogP contribution in [0.2, 0.25) is 0 Å². The number of aliphatic hydroxyl groups is 1. The van der Waals surface area contributed by atoms with Crippen LogP contribution in [0.1, 0.15) is 22.3 Å². The van der Waals surface area contributed by atoms with Crippen LogP contribution in [0.5, 0.6) is 23.0 Å². The molecule has 2 aromatic rings. The van der Waals surface area contributed by atoms with Gasteiger partial charge in [0, 0.05) is 12.0 Å². The Morgan fingerprint density at radius 1 is 0.962 bits per heavy atom. The molecule has 1 unspecified atom stereocenters. The number of likely N-dealkylation sites (N-methyl/N-ethyl adjacent to an activating group) is 1. The zero-order valence-electron chi connectivity index (χ0n) is 14.6. The summed E-state index contributed by atoms with van der Waals surface area (Å²) in [7, 11) is 2.13. The van der Waals surface area contributed by atoms with E-state index in [1.165, 1.54) is 0 Å². The largest absolute Gasteiger partial charge is 0.454 e. The lowest BCUT2D eigenvalue weighted by molar-refractivity contribution is -1.01. The van der Waals surface area contributed by atoms with Gasteiger partial charge in [0.2, 0.25) is 19.3 Å². The van der Waals surface area contributed by atoms with Crippen molar-refractivity contribution in [2.24, 2.45) is 0 Å². The Bertz CT molecular complexity index is 958. The zero-order valence-corrected chi connectivity index (χ0v) is 14.6. The minimum Gasteiger partial charge on any atom is -0.454 e. The van der Waals surface area contributed by atoms with Crippen molar-refractivity contribution >= 4 is 0 Å². The zero-order chi connectivity index (χ0) is 17.5. The van der Waals surface area contributed by atoms with Gasteiger partial charge in [0.05, 0.1) is 25.6 Å². The standard InChI is InChI=1S/C20H20NO5/c1-21-5-4-12-6-17-18(25-10-24-17)7-15(12)20(21,22)8-13-2-3-16-19(14(13)9-21)26-11-23-16/h2-3,6-7,22H,4-5,8-11H2,1H3/q+1/t20-,21?/m1/s1. The predicted molar refractivity (Wildman–Crippen MR) is 91.2 cm³/mol. The van der Waals surface area contributed by atoms with Crippen molar-refractivity contribution in [2.75, 3.05) is 27.2 Å². The highest BCUT2D eigenvalue weighted by Gasteiger charge is 2.56. The molecule has 2 aromatic carbocycles. The first-order valence-corrected chi connectivity index (χ1v) is 8.98. The molecule has 4 aliphatic heterocycles. The number of fused-ring (bicyclic) bond motifs is 7. The van der Waals surface area contributed by atoms with Crippen LogP contribution in [-0.4, -0.2) is 36.8 Å². The molecule has 6 nitrogen and oxygen atoms in total. The predicted octanol–water partition coefficient (Wildman–Crippen LogP) is 2.05. The molecule has 0 saturated carbocycles. The maximum absolute atomic E-state index is 11.9. The van der Waals surface area contributed by atoms with Crippen LogP contribution in [0.25, 0.3) is 0 Å². The average molecular weight is 354 g/mol. The summed E-state index contributed by atoms with van der Waals surface area (Å²) in [6.45, 7) is 2.08. The maximum atomic E-state index is 11.9. The van der Waals surface area contributed by atoms with Crippen LogP contribution in [0.4, 0.5) is 0 Å². The van der Waals surface area contributed by atoms with E-state index in [4.69, 9.17) is 18.9 Å². The lowest BCUT2D eigenvalue weighted by atomic mass is 9.78. The number of ether oxygens (including phenoxy) is 4. The molecule has 6 rings (SSSR count). The van der Waals surface area contributed by atoms with Crippen LogP contribution in [0.3, 0.4) is 0 Å².